The van der Waals surface area contributed by atoms with E-state index in [1.807, 2.05) is 37.9 Å². The summed E-state index contributed by atoms with van der Waals surface area (Å²) in [6.07, 6.45) is 0.180. The number of likely N-dealkylation sites (N-methyl/N-ethyl adjacent to an activating group) is 1. The van der Waals surface area contributed by atoms with Gasteiger partial charge in [0.2, 0.25) is 15.9 Å². The molecule has 2 aromatic carbocycles. The van der Waals surface area contributed by atoms with Crippen molar-refractivity contribution in [2.24, 2.45) is 5.92 Å². The van der Waals surface area contributed by atoms with Gasteiger partial charge >= 0.3 is 5.97 Å². The molecule has 1 aromatic heterocycles. The molecule has 2 heterocycles. The molecule has 1 saturated heterocycles. The number of fused-ring (bicyclic) bond motifs is 3. The minimum absolute atomic E-state index is 0.00745. The Morgan fingerprint density at radius 2 is 1.88 bits per heavy atom. The van der Waals surface area contributed by atoms with Crippen LogP contribution < -0.4 is 9.62 Å². The normalized spacial score (nSPS) is 16.7. The lowest BCUT2D eigenvalue weighted by Gasteiger charge is -2.32. The van der Waals surface area contributed by atoms with Crippen molar-refractivity contribution in [3.8, 4) is 0 Å². The minimum atomic E-state index is -4.06. The first-order chi connectivity index (χ1) is 15.5. The lowest BCUT2D eigenvalue weighted by atomic mass is 10.1. The van der Waals surface area contributed by atoms with Crippen LogP contribution in [0, 0.1) is 5.92 Å². The van der Waals surface area contributed by atoms with E-state index >= 15 is 0 Å². The van der Waals surface area contributed by atoms with Gasteiger partial charge in [-0.3, -0.25) is 14.5 Å². The summed E-state index contributed by atoms with van der Waals surface area (Å²) in [5.41, 5.74) is 1.77. The SMILES string of the molecule is CC(C)C[C@H](NS(=O)(=O)c1ccc2oc3cc(N4CCN(C)CC4=O)ccc3c2c1)C(=O)O. The van der Waals surface area contributed by atoms with Crippen LogP contribution in [0.2, 0.25) is 0 Å². The van der Waals surface area contributed by atoms with Crippen LogP contribution in [-0.2, 0) is 19.6 Å². The Kier molecular flexibility index (Phi) is 6.17. The predicted octanol–water partition coefficient (Wildman–Crippen LogP) is 2.64. The van der Waals surface area contributed by atoms with Gasteiger partial charge in [0.05, 0.1) is 11.4 Å². The summed E-state index contributed by atoms with van der Waals surface area (Å²) in [5, 5.41) is 10.7. The third kappa shape index (κ3) is 4.73. The lowest BCUT2D eigenvalue weighted by Crippen LogP contribution is -2.48. The summed E-state index contributed by atoms with van der Waals surface area (Å²) in [7, 11) is -2.15. The Hall–Kier alpha value is -2.95. The van der Waals surface area contributed by atoms with E-state index in [1.165, 1.54) is 12.1 Å². The number of aliphatic carboxylic acids is 1. The van der Waals surface area contributed by atoms with E-state index in [9.17, 15) is 23.1 Å². The molecule has 10 heteroatoms. The number of carbonyl (C=O) groups excluding carboxylic acids is 1. The summed E-state index contributed by atoms with van der Waals surface area (Å²) < 4.78 is 34.0. The molecule has 9 nitrogen and oxygen atoms in total. The van der Waals surface area contributed by atoms with E-state index < -0.39 is 22.0 Å². The number of amides is 1. The fraction of sp³-hybridized carbons (Fsp3) is 0.391. The first-order valence-corrected chi connectivity index (χ1v) is 12.2. The maximum atomic E-state index is 12.9. The summed E-state index contributed by atoms with van der Waals surface area (Å²) in [6.45, 7) is 5.36. The van der Waals surface area contributed by atoms with Gasteiger partial charge in [-0.2, -0.15) is 4.72 Å². The number of rotatable bonds is 7. The number of piperazine rings is 1. The molecule has 0 spiro atoms. The van der Waals surface area contributed by atoms with Crippen molar-refractivity contribution in [1.82, 2.24) is 9.62 Å². The van der Waals surface area contributed by atoms with Gasteiger partial charge in [0.15, 0.2) is 0 Å². The monoisotopic (exact) mass is 473 g/mol. The van der Waals surface area contributed by atoms with E-state index in [0.717, 1.165) is 12.2 Å². The van der Waals surface area contributed by atoms with Crippen LogP contribution in [0.4, 0.5) is 5.69 Å². The smallest absolute Gasteiger partial charge is 0.321 e. The van der Waals surface area contributed by atoms with Crippen molar-refractivity contribution in [2.75, 3.05) is 31.6 Å². The Morgan fingerprint density at radius 3 is 2.55 bits per heavy atom. The van der Waals surface area contributed by atoms with Gasteiger partial charge in [-0.05, 0) is 49.7 Å². The molecule has 2 N–H and O–H groups in total. The zero-order chi connectivity index (χ0) is 23.9. The van der Waals surface area contributed by atoms with Gasteiger partial charge in [0, 0.05) is 35.6 Å². The topological polar surface area (TPSA) is 120 Å². The van der Waals surface area contributed by atoms with E-state index in [-0.39, 0.29) is 23.1 Å². The van der Waals surface area contributed by atoms with Crippen LogP contribution in [0.1, 0.15) is 20.3 Å². The van der Waals surface area contributed by atoms with Crippen LogP contribution in [0.5, 0.6) is 0 Å². The molecular formula is C23H27N3O6S. The van der Waals surface area contributed by atoms with Gasteiger partial charge < -0.3 is 14.4 Å². The first kappa shape index (κ1) is 23.2. The molecule has 176 valence electrons. The summed E-state index contributed by atoms with van der Waals surface area (Å²) in [5.74, 6) is -1.20. The maximum absolute atomic E-state index is 12.9. The van der Waals surface area contributed by atoms with E-state index in [4.69, 9.17) is 4.42 Å². The van der Waals surface area contributed by atoms with E-state index in [2.05, 4.69) is 4.72 Å². The number of anilines is 1. The van der Waals surface area contributed by atoms with Crippen molar-refractivity contribution >= 4 is 49.5 Å². The lowest BCUT2D eigenvalue weighted by molar-refractivity contribution is -0.139. The van der Waals surface area contributed by atoms with E-state index in [0.29, 0.717) is 35.0 Å². The molecule has 0 aliphatic carbocycles. The summed E-state index contributed by atoms with van der Waals surface area (Å²) >= 11 is 0. The molecule has 1 fully saturated rings. The van der Waals surface area contributed by atoms with Crippen molar-refractivity contribution in [3.63, 3.8) is 0 Å². The molecule has 33 heavy (non-hydrogen) atoms. The second-order valence-electron chi connectivity index (χ2n) is 8.87. The Balaban J connectivity index is 1.68. The number of furan rings is 1. The fourth-order valence-corrected chi connectivity index (χ4v) is 5.30. The van der Waals surface area contributed by atoms with Crippen molar-refractivity contribution in [1.29, 1.82) is 0 Å². The first-order valence-electron chi connectivity index (χ1n) is 10.8. The number of carboxylic acids is 1. The molecule has 0 radical (unpaired) electrons. The molecule has 0 bridgehead atoms. The maximum Gasteiger partial charge on any atom is 0.321 e. The molecule has 1 aliphatic rings. The largest absolute Gasteiger partial charge is 0.480 e. The molecule has 3 aromatic rings. The molecule has 0 saturated carbocycles. The van der Waals surface area contributed by atoms with Crippen LogP contribution in [-0.4, -0.2) is 63.0 Å². The Morgan fingerprint density at radius 1 is 1.12 bits per heavy atom. The Labute approximate surface area is 192 Å². The zero-order valence-electron chi connectivity index (χ0n) is 18.7. The highest BCUT2D eigenvalue weighted by molar-refractivity contribution is 7.89. The third-order valence-corrected chi connectivity index (χ3v) is 7.23. The highest BCUT2D eigenvalue weighted by atomic mass is 32.2. The summed E-state index contributed by atoms with van der Waals surface area (Å²) in [6, 6.07) is 8.64. The standard InChI is InChI=1S/C23H27N3O6S/c1-14(2)10-19(23(28)29)24-33(30,31)16-5-7-20-18(12-16)17-6-4-15(11-21(17)32-20)26-9-8-25(3)13-22(26)27/h4-7,11-12,14,19,24H,8-10,13H2,1-3H3,(H,28,29)/t19-/m0/s1. The average Bonchev–Trinajstić information content (AvgIpc) is 3.09. The van der Waals surface area contributed by atoms with Crippen LogP contribution in [0.25, 0.3) is 21.9 Å². The number of hydrogen-bond donors (Lipinski definition) is 2. The second kappa shape index (κ2) is 8.77. The van der Waals surface area contributed by atoms with Crippen molar-refractivity contribution < 1.29 is 27.5 Å². The number of carbonyl (C=O) groups is 2. The highest BCUT2D eigenvalue weighted by Gasteiger charge is 2.27. The summed E-state index contributed by atoms with van der Waals surface area (Å²) in [4.78, 5) is 27.6. The zero-order valence-corrected chi connectivity index (χ0v) is 19.6. The number of nitrogens with zero attached hydrogens (tertiary/aromatic N) is 2. The number of sulfonamides is 1. The molecular weight excluding hydrogens is 446 g/mol. The quantitative estimate of drug-likeness (QED) is 0.541. The average molecular weight is 474 g/mol. The van der Waals surface area contributed by atoms with Gasteiger partial charge in [-0.25, -0.2) is 8.42 Å². The predicted molar refractivity (Wildman–Crippen MR) is 125 cm³/mol. The molecule has 4 rings (SSSR count). The highest BCUT2D eigenvalue weighted by Crippen LogP contribution is 2.33. The molecule has 1 aliphatic heterocycles. The van der Waals surface area contributed by atoms with Crippen LogP contribution in [0.3, 0.4) is 0 Å². The van der Waals surface area contributed by atoms with Gasteiger partial charge in [-0.15, -0.1) is 0 Å². The molecule has 1 amide bonds. The van der Waals surface area contributed by atoms with Gasteiger partial charge in [0.25, 0.3) is 0 Å². The third-order valence-electron chi connectivity index (χ3n) is 5.76. The van der Waals surface area contributed by atoms with Crippen molar-refractivity contribution in [2.45, 2.75) is 31.2 Å². The minimum Gasteiger partial charge on any atom is -0.480 e. The fourth-order valence-electron chi connectivity index (χ4n) is 4.07. The molecule has 1 atom stereocenters. The van der Waals surface area contributed by atoms with Gasteiger partial charge in [-0.1, -0.05) is 13.8 Å². The molecule has 0 unspecified atom stereocenters. The van der Waals surface area contributed by atoms with Gasteiger partial charge in [0.1, 0.15) is 17.2 Å². The number of carboxylic acid groups (broad SMARTS) is 1. The van der Waals surface area contributed by atoms with E-state index in [1.54, 1.807) is 17.0 Å². The number of hydrogen-bond acceptors (Lipinski definition) is 6. The number of benzene rings is 2. The van der Waals surface area contributed by atoms with Crippen LogP contribution in [0.15, 0.2) is 45.7 Å². The second-order valence-corrected chi connectivity index (χ2v) is 10.6. The number of nitrogens with one attached hydrogen (secondary N) is 1. The van der Waals surface area contributed by atoms with Crippen molar-refractivity contribution in [3.05, 3.63) is 36.4 Å². The Bertz CT molecular complexity index is 1330. The van der Waals surface area contributed by atoms with Crippen LogP contribution >= 0.6 is 0 Å².